The highest BCUT2D eigenvalue weighted by molar-refractivity contribution is 7.92. The number of carbonyl (C=O) groups excluding carboxylic acids is 1. The number of amides is 1. The van der Waals surface area contributed by atoms with E-state index in [1.807, 2.05) is 12.1 Å². The van der Waals surface area contributed by atoms with Crippen LogP contribution in [0.2, 0.25) is 0 Å². The Labute approximate surface area is 241 Å². The summed E-state index contributed by atoms with van der Waals surface area (Å²) in [7, 11) is -0.638. The predicted octanol–water partition coefficient (Wildman–Crippen LogP) is 3.81. The van der Waals surface area contributed by atoms with Crippen LogP contribution < -0.4 is 24.4 Å². The van der Waals surface area contributed by atoms with Crippen LogP contribution in [-0.4, -0.2) is 77.7 Å². The number of benzene rings is 3. The Morgan fingerprint density at radius 3 is 2.34 bits per heavy atom. The zero-order valence-electron chi connectivity index (χ0n) is 22.6. The Balaban J connectivity index is 1.09. The lowest BCUT2D eigenvalue weighted by atomic mass is 10.2. The maximum Gasteiger partial charge on any atom is 0.261 e. The average molecular weight is 600 g/mol. The third-order valence-electron chi connectivity index (χ3n) is 6.77. The first-order valence-electron chi connectivity index (χ1n) is 12.9. The SMILES string of the molecule is COc1ccc2sc(N3CCN(CCNC(=O)c4ccc(NS(=O)(=O)c5ccc(F)cc5)cc4)CC3)nc2c1OC. The van der Waals surface area contributed by atoms with Gasteiger partial charge in [-0.2, -0.15) is 0 Å². The number of ether oxygens (including phenoxy) is 2. The number of methoxy groups -OCH3 is 2. The summed E-state index contributed by atoms with van der Waals surface area (Å²) in [6.45, 7) is 4.52. The van der Waals surface area contributed by atoms with Crippen molar-refractivity contribution in [3.63, 3.8) is 0 Å². The Bertz CT molecular complexity index is 1620. The fourth-order valence-corrected chi connectivity index (χ4v) is 6.62. The van der Waals surface area contributed by atoms with Gasteiger partial charge in [0.1, 0.15) is 11.3 Å². The van der Waals surface area contributed by atoms with Crippen LogP contribution in [-0.2, 0) is 10.0 Å². The third kappa shape index (κ3) is 6.53. The number of aromatic nitrogens is 1. The van der Waals surface area contributed by atoms with E-state index in [2.05, 4.69) is 19.8 Å². The lowest BCUT2D eigenvalue weighted by molar-refractivity contribution is 0.0948. The van der Waals surface area contributed by atoms with Crippen LogP contribution >= 0.6 is 11.3 Å². The second-order valence-electron chi connectivity index (χ2n) is 9.37. The smallest absolute Gasteiger partial charge is 0.261 e. The molecule has 4 aromatic rings. The van der Waals surface area contributed by atoms with Gasteiger partial charge in [0, 0.05) is 50.5 Å². The first-order chi connectivity index (χ1) is 19.8. The van der Waals surface area contributed by atoms with Gasteiger partial charge in [-0.3, -0.25) is 14.4 Å². The van der Waals surface area contributed by atoms with Gasteiger partial charge in [-0.1, -0.05) is 11.3 Å². The molecular formula is C28H30FN5O5S2. The van der Waals surface area contributed by atoms with Crippen molar-refractivity contribution in [2.24, 2.45) is 0 Å². The number of fused-ring (bicyclic) bond motifs is 1. The second kappa shape index (κ2) is 12.3. The number of nitrogens with zero attached hydrogens (tertiary/aromatic N) is 3. The van der Waals surface area contributed by atoms with Crippen LogP contribution in [0.4, 0.5) is 15.2 Å². The second-order valence-corrected chi connectivity index (χ2v) is 12.1. The van der Waals surface area contributed by atoms with Gasteiger partial charge in [0.05, 0.1) is 23.8 Å². The van der Waals surface area contributed by atoms with E-state index in [4.69, 9.17) is 14.5 Å². The van der Waals surface area contributed by atoms with Crippen molar-refractivity contribution in [2.75, 3.05) is 63.1 Å². The van der Waals surface area contributed by atoms with Crippen LogP contribution in [0, 0.1) is 5.82 Å². The summed E-state index contributed by atoms with van der Waals surface area (Å²) in [5.41, 5.74) is 1.52. The van der Waals surface area contributed by atoms with Crippen LogP contribution in [0.3, 0.4) is 0 Å². The van der Waals surface area contributed by atoms with E-state index in [9.17, 15) is 17.6 Å². The minimum absolute atomic E-state index is 0.0532. The molecular weight excluding hydrogens is 569 g/mol. The Hall–Kier alpha value is -3.94. The largest absolute Gasteiger partial charge is 0.493 e. The van der Waals surface area contributed by atoms with E-state index in [-0.39, 0.29) is 10.8 Å². The van der Waals surface area contributed by atoms with Crippen molar-refractivity contribution in [3.05, 3.63) is 72.0 Å². The van der Waals surface area contributed by atoms with E-state index in [1.165, 1.54) is 24.3 Å². The lowest BCUT2D eigenvalue weighted by Gasteiger charge is -2.34. The minimum atomic E-state index is -3.86. The average Bonchev–Trinajstić information content (AvgIpc) is 3.42. The van der Waals surface area contributed by atoms with Crippen molar-refractivity contribution in [2.45, 2.75) is 4.90 Å². The molecule has 0 saturated carbocycles. The number of thiazole rings is 1. The molecule has 0 unspecified atom stereocenters. The van der Waals surface area contributed by atoms with Crippen molar-refractivity contribution >= 4 is 48.3 Å². The number of hydrogen-bond donors (Lipinski definition) is 2. The minimum Gasteiger partial charge on any atom is -0.493 e. The summed E-state index contributed by atoms with van der Waals surface area (Å²) >= 11 is 1.63. The number of sulfonamides is 1. The normalized spacial score (nSPS) is 14.2. The molecule has 1 amide bonds. The van der Waals surface area contributed by atoms with E-state index < -0.39 is 15.8 Å². The molecule has 10 nitrogen and oxygen atoms in total. The highest BCUT2D eigenvalue weighted by Crippen LogP contribution is 2.40. The molecule has 1 aromatic heterocycles. The monoisotopic (exact) mass is 599 g/mol. The highest BCUT2D eigenvalue weighted by Gasteiger charge is 2.22. The summed E-state index contributed by atoms with van der Waals surface area (Å²) in [4.78, 5) is 21.9. The first-order valence-corrected chi connectivity index (χ1v) is 15.2. The molecule has 3 aromatic carbocycles. The number of anilines is 2. The molecule has 5 rings (SSSR count). The number of piperazine rings is 1. The molecule has 41 heavy (non-hydrogen) atoms. The van der Waals surface area contributed by atoms with Gasteiger partial charge < -0.3 is 19.7 Å². The van der Waals surface area contributed by atoms with Crippen LogP contribution in [0.15, 0.2) is 65.6 Å². The molecule has 0 atom stereocenters. The molecule has 1 aliphatic heterocycles. The number of nitrogens with one attached hydrogen (secondary N) is 2. The summed E-state index contributed by atoms with van der Waals surface area (Å²) in [5.74, 6) is 0.540. The Kier molecular flexibility index (Phi) is 8.57. The van der Waals surface area contributed by atoms with Gasteiger partial charge in [-0.05, 0) is 60.7 Å². The maximum atomic E-state index is 13.1. The molecule has 0 spiro atoms. The number of carbonyl (C=O) groups is 1. The molecule has 1 aliphatic rings. The van der Waals surface area contributed by atoms with Gasteiger partial charge >= 0.3 is 0 Å². The van der Waals surface area contributed by atoms with Crippen molar-refractivity contribution in [1.29, 1.82) is 0 Å². The van der Waals surface area contributed by atoms with Crippen LogP contribution in [0.25, 0.3) is 10.2 Å². The molecule has 2 N–H and O–H groups in total. The van der Waals surface area contributed by atoms with Gasteiger partial charge in [0.25, 0.3) is 15.9 Å². The van der Waals surface area contributed by atoms with Gasteiger partial charge in [0.15, 0.2) is 16.6 Å². The number of hydrogen-bond acceptors (Lipinski definition) is 9. The fourth-order valence-electron chi connectivity index (χ4n) is 4.54. The predicted molar refractivity (Wildman–Crippen MR) is 157 cm³/mol. The number of rotatable bonds is 10. The van der Waals surface area contributed by atoms with E-state index >= 15 is 0 Å². The number of halogens is 1. The highest BCUT2D eigenvalue weighted by atomic mass is 32.2. The fraction of sp³-hybridized carbons (Fsp3) is 0.286. The van der Waals surface area contributed by atoms with Gasteiger partial charge in [0.2, 0.25) is 0 Å². The third-order valence-corrected chi connectivity index (χ3v) is 9.25. The van der Waals surface area contributed by atoms with E-state index in [0.29, 0.717) is 35.8 Å². The van der Waals surface area contributed by atoms with Crippen molar-refractivity contribution < 1.29 is 27.1 Å². The van der Waals surface area contributed by atoms with E-state index in [0.717, 1.165) is 53.7 Å². The zero-order chi connectivity index (χ0) is 29.0. The van der Waals surface area contributed by atoms with Crippen LogP contribution in [0.1, 0.15) is 10.4 Å². The standard InChI is InChI=1S/C28H30FN5O5S2/c1-38-23-11-12-24-25(26(23)39-2)31-28(40-24)34-17-15-33(16-18-34)14-13-30-27(35)19-3-7-21(8-4-19)32-41(36,37)22-9-5-20(29)6-10-22/h3-12,32H,13-18H2,1-2H3,(H,30,35). The van der Waals surface area contributed by atoms with Crippen LogP contribution in [0.5, 0.6) is 11.5 Å². The molecule has 0 aliphatic carbocycles. The molecule has 0 radical (unpaired) electrons. The van der Waals surface area contributed by atoms with Crippen molar-refractivity contribution in [1.82, 2.24) is 15.2 Å². The summed E-state index contributed by atoms with van der Waals surface area (Å²) in [6, 6.07) is 14.6. The maximum absolute atomic E-state index is 13.1. The van der Waals surface area contributed by atoms with Gasteiger partial charge in [-0.15, -0.1) is 0 Å². The quantitative estimate of drug-likeness (QED) is 0.283. The topological polar surface area (TPSA) is 113 Å². The molecule has 13 heteroatoms. The lowest BCUT2D eigenvalue weighted by Crippen LogP contribution is -2.48. The van der Waals surface area contributed by atoms with E-state index in [1.54, 1.807) is 37.7 Å². The van der Waals surface area contributed by atoms with Crippen molar-refractivity contribution in [3.8, 4) is 11.5 Å². The molecule has 2 heterocycles. The Morgan fingerprint density at radius 2 is 1.68 bits per heavy atom. The zero-order valence-corrected chi connectivity index (χ0v) is 24.2. The Morgan fingerprint density at radius 1 is 0.976 bits per heavy atom. The van der Waals surface area contributed by atoms with Gasteiger partial charge in [-0.25, -0.2) is 17.8 Å². The first kappa shape index (κ1) is 28.6. The molecule has 1 fully saturated rings. The summed E-state index contributed by atoms with van der Waals surface area (Å²) in [5, 5.41) is 3.87. The summed E-state index contributed by atoms with van der Waals surface area (Å²) in [6.07, 6.45) is 0. The molecule has 0 bridgehead atoms. The molecule has 216 valence electrons. The molecule has 1 saturated heterocycles. The summed E-state index contributed by atoms with van der Waals surface area (Å²) < 4.78 is 52.5.